The van der Waals surface area contributed by atoms with Gasteiger partial charge in [-0.25, -0.2) is 29.1 Å². The number of anilines is 3. The molecule has 1 saturated heterocycles. The van der Waals surface area contributed by atoms with E-state index in [1.54, 1.807) is 36.2 Å². The lowest BCUT2D eigenvalue weighted by molar-refractivity contribution is 0.181. The van der Waals surface area contributed by atoms with Crippen LogP contribution in [0.5, 0.6) is 0 Å². The number of benzene rings is 1. The van der Waals surface area contributed by atoms with Gasteiger partial charge in [-0.3, -0.25) is 0 Å². The van der Waals surface area contributed by atoms with E-state index in [4.69, 9.17) is 11.6 Å². The van der Waals surface area contributed by atoms with Crippen LogP contribution in [0.4, 0.5) is 26.6 Å². The highest BCUT2D eigenvalue weighted by molar-refractivity contribution is 6.31. The van der Waals surface area contributed by atoms with Crippen molar-refractivity contribution in [3.8, 4) is 0 Å². The first-order valence-corrected chi connectivity index (χ1v) is 9.71. The molecule has 11 heteroatoms. The average molecular weight is 431 g/mol. The number of halogens is 2. The van der Waals surface area contributed by atoms with Crippen LogP contribution in [0.3, 0.4) is 0 Å². The van der Waals surface area contributed by atoms with Gasteiger partial charge in [0.05, 0.1) is 11.2 Å². The Morgan fingerprint density at radius 1 is 1.30 bits per heavy atom. The molecule has 0 aliphatic carbocycles. The van der Waals surface area contributed by atoms with E-state index >= 15 is 0 Å². The molecule has 2 N–H and O–H groups in total. The molecule has 1 aliphatic rings. The number of aromatic nitrogens is 4. The van der Waals surface area contributed by atoms with E-state index < -0.39 is 5.82 Å². The van der Waals surface area contributed by atoms with Gasteiger partial charge in [0.25, 0.3) is 0 Å². The average Bonchev–Trinajstić information content (AvgIpc) is 3.19. The molecular weight excluding hydrogens is 411 g/mol. The molecule has 0 radical (unpaired) electrons. The summed E-state index contributed by atoms with van der Waals surface area (Å²) in [4.78, 5) is 32.8. The highest BCUT2D eigenvalue weighted by Crippen LogP contribution is 2.25. The van der Waals surface area contributed by atoms with Crippen molar-refractivity contribution in [2.45, 2.75) is 12.5 Å². The van der Waals surface area contributed by atoms with Crippen LogP contribution in [0.15, 0.2) is 30.7 Å². The Labute approximate surface area is 177 Å². The Morgan fingerprint density at radius 3 is 2.90 bits per heavy atom. The van der Waals surface area contributed by atoms with E-state index in [9.17, 15) is 9.18 Å². The van der Waals surface area contributed by atoms with Gasteiger partial charge in [-0.15, -0.1) is 0 Å². The first-order chi connectivity index (χ1) is 14.4. The van der Waals surface area contributed by atoms with Crippen LogP contribution in [0.2, 0.25) is 5.02 Å². The predicted molar refractivity (Wildman–Crippen MR) is 113 cm³/mol. The molecule has 9 nitrogen and oxygen atoms in total. The smallest absolute Gasteiger partial charge is 0.319 e. The second kappa shape index (κ2) is 8.23. The molecule has 2 aromatic heterocycles. The van der Waals surface area contributed by atoms with Crippen LogP contribution >= 0.6 is 11.6 Å². The van der Waals surface area contributed by atoms with Crippen molar-refractivity contribution in [1.82, 2.24) is 29.7 Å². The molecule has 2 amide bonds. The van der Waals surface area contributed by atoms with Gasteiger partial charge in [0.2, 0.25) is 5.95 Å². The molecule has 156 valence electrons. The molecule has 4 rings (SSSR count). The van der Waals surface area contributed by atoms with Crippen molar-refractivity contribution < 1.29 is 9.18 Å². The minimum atomic E-state index is -0.498. The topological polar surface area (TPSA) is 99.2 Å². The maximum absolute atomic E-state index is 13.4. The molecule has 1 aromatic carbocycles. The highest BCUT2D eigenvalue weighted by atomic mass is 35.5. The molecule has 0 saturated carbocycles. The summed E-state index contributed by atoms with van der Waals surface area (Å²) in [5.41, 5.74) is 1.64. The Morgan fingerprint density at radius 2 is 2.13 bits per heavy atom. The van der Waals surface area contributed by atoms with Gasteiger partial charge >= 0.3 is 6.03 Å². The Kier molecular flexibility index (Phi) is 5.49. The quantitative estimate of drug-likeness (QED) is 0.656. The standard InChI is InChI=1S/C19H20ClFN8O/c1-28(2)19(30)29-6-5-12(9-29)26-18-22-8-15-16(27-18)17(24-10-23-15)25-11-3-4-14(21)13(20)7-11/h3-4,7-8,10,12H,5-6,9H2,1-2H3,(H,22,26,27)(H,23,24,25). The van der Waals surface area contributed by atoms with Crippen LogP contribution in [0.25, 0.3) is 11.0 Å². The Hall–Kier alpha value is -3.27. The lowest BCUT2D eigenvalue weighted by atomic mass is 10.3. The van der Waals surface area contributed by atoms with Gasteiger partial charge in [0.1, 0.15) is 23.2 Å². The van der Waals surface area contributed by atoms with Gasteiger partial charge in [-0.05, 0) is 24.6 Å². The van der Waals surface area contributed by atoms with Gasteiger partial charge in [-0.2, -0.15) is 0 Å². The van der Waals surface area contributed by atoms with E-state index in [2.05, 4.69) is 30.6 Å². The summed E-state index contributed by atoms with van der Waals surface area (Å²) in [6.45, 7) is 1.24. The van der Waals surface area contributed by atoms with Crippen LogP contribution in [0.1, 0.15) is 6.42 Å². The van der Waals surface area contributed by atoms with Crippen molar-refractivity contribution in [1.29, 1.82) is 0 Å². The Bertz CT molecular complexity index is 1100. The molecular formula is C19H20ClFN8O. The fourth-order valence-electron chi connectivity index (χ4n) is 3.24. The first kappa shape index (κ1) is 20.0. The van der Waals surface area contributed by atoms with Crippen molar-refractivity contribution in [2.24, 2.45) is 0 Å². The molecule has 0 spiro atoms. The van der Waals surface area contributed by atoms with Crippen LogP contribution in [-0.2, 0) is 0 Å². The third-order valence-electron chi connectivity index (χ3n) is 4.73. The Balaban J connectivity index is 1.54. The fourth-order valence-corrected chi connectivity index (χ4v) is 3.42. The van der Waals surface area contributed by atoms with Crippen molar-refractivity contribution in [3.63, 3.8) is 0 Å². The number of likely N-dealkylation sites (tertiary alicyclic amines) is 1. The summed E-state index contributed by atoms with van der Waals surface area (Å²) in [6, 6.07) is 4.33. The summed E-state index contributed by atoms with van der Waals surface area (Å²) >= 11 is 5.86. The summed E-state index contributed by atoms with van der Waals surface area (Å²) in [5.74, 6) is 0.368. The number of urea groups is 1. The monoisotopic (exact) mass is 430 g/mol. The van der Waals surface area contributed by atoms with Crippen LogP contribution in [0, 0.1) is 5.82 Å². The summed E-state index contributed by atoms with van der Waals surface area (Å²) in [7, 11) is 3.47. The number of carbonyl (C=O) groups is 1. The zero-order chi connectivity index (χ0) is 21.3. The molecule has 1 fully saturated rings. The predicted octanol–water partition coefficient (Wildman–Crippen LogP) is 3.12. The minimum absolute atomic E-state index is 0.00778. The first-order valence-electron chi connectivity index (χ1n) is 9.33. The van der Waals surface area contributed by atoms with E-state index in [0.29, 0.717) is 41.6 Å². The number of fused-ring (bicyclic) bond motifs is 1. The van der Waals surface area contributed by atoms with E-state index in [1.807, 2.05) is 0 Å². The van der Waals surface area contributed by atoms with Crippen molar-refractivity contribution in [2.75, 3.05) is 37.8 Å². The molecule has 1 unspecified atom stereocenters. The SMILES string of the molecule is CN(C)C(=O)N1CCC(Nc2ncc3ncnc(Nc4ccc(F)c(Cl)c4)c3n2)C1. The number of rotatable bonds is 4. The fraction of sp³-hybridized carbons (Fsp3) is 0.316. The lowest BCUT2D eigenvalue weighted by Crippen LogP contribution is -2.38. The molecule has 1 atom stereocenters. The van der Waals surface area contributed by atoms with E-state index in [1.165, 1.54) is 18.5 Å². The third-order valence-corrected chi connectivity index (χ3v) is 5.02. The summed E-state index contributed by atoms with van der Waals surface area (Å²) in [5, 5.41) is 6.38. The number of nitrogens with zero attached hydrogens (tertiary/aromatic N) is 6. The number of carbonyl (C=O) groups excluding carboxylic acids is 1. The minimum Gasteiger partial charge on any atom is -0.350 e. The number of amides is 2. The highest BCUT2D eigenvalue weighted by Gasteiger charge is 2.27. The second-order valence-electron chi connectivity index (χ2n) is 7.16. The molecule has 3 heterocycles. The number of nitrogens with one attached hydrogen (secondary N) is 2. The second-order valence-corrected chi connectivity index (χ2v) is 7.56. The van der Waals surface area contributed by atoms with Gasteiger partial charge in [0, 0.05) is 38.9 Å². The normalized spacial score (nSPS) is 16.0. The molecule has 30 heavy (non-hydrogen) atoms. The zero-order valence-corrected chi connectivity index (χ0v) is 17.2. The van der Waals surface area contributed by atoms with Gasteiger partial charge < -0.3 is 20.4 Å². The lowest BCUT2D eigenvalue weighted by Gasteiger charge is -2.21. The molecule has 1 aliphatic heterocycles. The summed E-state index contributed by atoms with van der Waals surface area (Å²) in [6.07, 6.45) is 3.80. The molecule has 0 bridgehead atoms. The third kappa shape index (κ3) is 4.18. The maximum atomic E-state index is 13.4. The van der Waals surface area contributed by atoms with Crippen molar-refractivity contribution >= 4 is 46.1 Å². The number of hydrogen-bond donors (Lipinski definition) is 2. The zero-order valence-electron chi connectivity index (χ0n) is 16.4. The van der Waals surface area contributed by atoms with Crippen LogP contribution < -0.4 is 10.6 Å². The largest absolute Gasteiger partial charge is 0.350 e. The maximum Gasteiger partial charge on any atom is 0.319 e. The van der Waals surface area contributed by atoms with E-state index in [-0.39, 0.29) is 17.1 Å². The summed E-state index contributed by atoms with van der Waals surface area (Å²) < 4.78 is 13.4. The van der Waals surface area contributed by atoms with Crippen LogP contribution in [-0.4, -0.2) is 69.0 Å². The van der Waals surface area contributed by atoms with Crippen molar-refractivity contribution in [3.05, 3.63) is 41.6 Å². The number of hydrogen-bond acceptors (Lipinski definition) is 7. The van der Waals surface area contributed by atoms with Gasteiger partial charge in [0.15, 0.2) is 5.82 Å². The van der Waals surface area contributed by atoms with E-state index in [0.717, 1.165) is 6.42 Å². The molecule has 3 aromatic rings. The van der Waals surface area contributed by atoms with Gasteiger partial charge in [-0.1, -0.05) is 11.6 Å².